The third-order valence-corrected chi connectivity index (χ3v) is 3.59. The number of carbonyl (C=O) groups excluding carboxylic acids is 3. The molecule has 1 heterocycles. The van der Waals surface area contributed by atoms with Gasteiger partial charge in [-0.3, -0.25) is 14.5 Å². The number of amides is 2. The Morgan fingerprint density at radius 3 is 2.75 bits per heavy atom. The van der Waals surface area contributed by atoms with Gasteiger partial charge < -0.3 is 4.74 Å². The number of hydrogen-bond donors (Lipinski definition) is 0. The molecule has 24 heavy (non-hydrogen) atoms. The second-order valence-electron chi connectivity index (χ2n) is 5.16. The average molecular weight is 328 g/mol. The van der Waals surface area contributed by atoms with Crippen LogP contribution in [0.4, 0.5) is 5.69 Å². The Morgan fingerprint density at radius 2 is 2.08 bits per heavy atom. The fourth-order valence-electron chi connectivity index (χ4n) is 2.29. The second-order valence-corrected chi connectivity index (χ2v) is 5.16. The topological polar surface area (TPSA) is 93.1 Å². The summed E-state index contributed by atoms with van der Waals surface area (Å²) in [5.74, 6) is -1.45. The highest BCUT2D eigenvalue weighted by Gasteiger charge is 2.23. The summed E-state index contributed by atoms with van der Waals surface area (Å²) in [6, 6.07) is 4.30. The lowest BCUT2D eigenvalue weighted by Crippen LogP contribution is -2.39. The lowest BCUT2D eigenvalue weighted by molar-refractivity contribution is -0.139. The van der Waals surface area contributed by atoms with Crippen molar-refractivity contribution in [3.8, 4) is 0 Å². The number of benzene rings is 1. The van der Waals surface area contributed by atoms with E-state index in [0.29, 0.717) is 24.1 Å². The van der Waals surface area contributed by atoms with E-state index in [0.717, 1.165) is 4.90 Å². The third kappa shape index (κ3) is 3.62. The first kappa shape index (κ1) is 17.3. The number of ether oxygens (including phenoxy) is 1. The molecule has 1 aromatic rings. The molecule has 2 amide bonds. The first-order valence-corrected chi connectivity index (χ1v) is 7.24. The average Bonchev–Trinajstić information content (AvgIpc) is 2.61. The Morgan fingerprint density at radius 1 is 1.33 bits per heavy atom. The van der Waals surface area contributed by atoms with Crippen LogP contribution in [0.3, 0.4) is 0 Å². The van der Waals surface area contributed by atoms with E-state index in [9.17, 15) is 19.3 Å². The summed E-state index contributed by atoms with van der Waals surface area (Å²) in [6.07, 6.45) is 5.14. The van der Waals surface area contributed by atoms with Crippen molar-refractivity contribution < 1.29 is 19.1 Å². The van der Waals surface area contributed by atoms with Crippen LogP contribution in [-0.4, -0.2) is 36.3 Å². The molecule has 0 spiro atoms. The van der Waals surface area contributed by atoms with Crippen molar-refractivity contribution in [1.29, 1.82) is 0 Å². The third-order valence-electron chi connectivity index (χ3n) is 3.59. The minimum atomic E-state index is -0.696. The molecule has 0 unspecified atom stereocenters. The van der Waals surface area contributed by atoms with Crippen LogP contribution in [0.25, 0.3) is 6.08 Å². The largest absolute Gasteiger partial charge is 0.465 e. The van der Waals surface area contributed by atoms with E-state index in [4.69, 9.17) is 0 Å². The zero-order chi connectivity index (χ0) is 17.7. The molecule has 0 bridgehead atoms. The molecule has 1 aliphatic rings. The fourth-order valence-corrected chi connectivity index (χ4v) is 2.29. The molecule has 0 saturated heterocycles. The van der Waals surface area contributed by atoms with Gasteiger partial charge in [0, 0.05) is 18.2 Å². The molecule has 0 saturated carbocycles. The fraction of sp³-hybridized carbons (Fsp3) is 0.235. The van der Waals surface area contributed by atoms with Crippen LogP contribution in [0, 0.1) is 4.91 Å². The van der Waals surface area contributed by atoms with Gasteiger partial charge in [-0.25, -0.2) is 4.79 Å². The summed E-state index contributed by atoms with van der Waals surface area (Å²) in [4.78, 5) is 47.6. The molecule has 0 radical (unpaired) electrons. The van der Waals surface area contributed by atoms with Crippen molar-refractivity contribution in [3.63, 3.8) is 0 Å². The summed E-state index contributed by atoms with van der Waals surface area (Å²) in [6.45, 7) is 2.00. The molecule has 0 N–H and O–H groups in total. The van der Waals surface area contributed by atoms with Crippen LogP contribution in [-0.2, 0) is 14.3 Å². The van der Waals surface area contributed by atoms with E-state index in [1.54, 1.807) is 13.0 Å². The van der Waals surface area contributed by atoms with Gasteiger partial charge in [-0.1, -0.05) is 12.1 Å². The summed E-state index contributed by atoms with van der Waals surface area (Å²) in [5, 5.41) is 2.77. The Labute approximate surface area is 138 Å². The number of hydrogen-bond acceptors (Lipinski definition) is 6. The maximum absolute atomic E-state index is 12.2. The lowest BCUT2D eigenvalue weighted by atomic mass is 10.1. The molecule has 0 atom stereocenters. The van der Waals surface area contributed by atoms with E-state index in [-0.39, 0.29) is 17.2 Å². The number of nitrogens with zero attached hydrogens (tertiary/aromatic N) is 2. The monoisotopic (exact) mass is 328 g/mol. The normalized spacial score (nSPS) is 14.5. The SMILES string of the molecule is COC(=O)c1cc(/C=C/C(=O)N2CCC=C(C)C2=O)ccc1N=O. The van der Waals surface area contributed by atoms with Crippen molar-refractivity contribution in [2.75, 3.05) is 13.7 Å². The van der Waals surface area contributed by atoms with Crippen LogP contribution >= 0.6 is 0 Å². The summed E-state index contributed by atoms with van der Waals surface area (Å²) >= 11 is 0. The minimum Gasteiger partial charge on any atom is -0.465 e. The van der Waals surface area contributed by atoms with Gasteiger partial charge in [0.05, 0.1) is 12.7 Å². The Bertz CT molecular complexity index is 764. The zero-order valence-corrected chi connectivity index (χ0v) is 13.3. The number of rotatable bonds is 4. The molecule has 0 fully saturated rings. The first-order chi connectivity index (χ1) is 11.5. The number of carbonyl (C=O) groups is 3. The standard InChI is InChI=1S/C17H16N2O5/c1-11-4-3-9-19(16(11)21)15(20)8-6-12-5-7-14(18-23)13(10-12)17(22)24-2/h4-8,10H,3,9H2,1-2H3/b8-6+. The summed E-state index contributed by atoms with van der Waals surface area (Å²) in [5.41, 5.74) is 1.01. The molecule has 124 valence electrons. The van der Waals surface area contributed by atoms with Crippen molar-refractivity contribution in [2.45, 2.75) is 13.3 Å². The number of imide groups is 1. The Balaban J connectivity index is 2.21. The van der Waals surface area contributed by atoms with Gasteiger partial charge in [0.1, 0.15) is 5.69 Å². The highest BCUT2D eigenvalue weighted by atomic mass is 16.5. The lowest BCUT2D eigenvalue weighted by Gasteiger charge is -2.22. The van der Waals surface area contributed by atoms with E-state index in [2.05, 4.69) is 9.91 Å². The molecule has 1 aliphatic heterocycles. The van der Waals surface area contributed by atoms with Crippen LogP contribution in [0.1, 0.15) is 29.3 Å². The highest BCUT2D eigenvalue weighted by Crippen LogP contribution is 2.22. The van der Waals surface area contributed by atoms with E-state index in [1.165, 1.54) is 37.5 Å². The quantitative estimate of drug-likeness (QED) is 0.481. The molecule has 0 aromatic heterocycles. The Hall–Kier alpha value is -3.09. The predicted octanol–water partition coefficient (Wildman–Crippen LogP) is 2.59. The van der Waals surface area contributed by atoms with E-state index >= 15 is 0 Å². The number of methoxy groups -OCH3 is 1. The van der Waals surface area contributed by atoms with Crippen molar-refractivity contribution in [1.82, 2.24) is 4.90 Å². The summed E-state index contributed by atoms with van der Waals surface area (Å²) in [7, 11) is 1.20. The molecule has 7 nitrogen and oxygen atoms in total. The maximum atomic E-state index is 12.2. The van der Waals surface area contributed by atoms with Gasteiger partial charge in [-0.05, 0) is 42.3 Å². The van der Waals surface area contributed by atoms with Crippen LogP contribution in [0.2, 0.25) is 0 Å². The number of esters is 1. The van der Waals surface area contributed by atoms with Crippen LogP contribution in [0.15, 0.2) is 41.1 Å². The molecular formula is C17H16N2O5. The van der Waals surface area contributed by atoms with Crippen molar-refractivity contribution in [3.05, 3.63) is 52.0 Å². The smallest absolute Gasteiger partial charge is 0.340 e. The van der Waals surface area contributed by atoms with Gasteiger partial charge in [-0.15, -0.1) is 4.91 Å². The van der Waals surface area contributed by atoms with Gasteiger partial charge in [0.2, 0.25) is 0 Å². The van der Waals surface area contributed by atoms with Crippen molar-refractivity contribution >= 4 is 29.5 Å². The Kier molecular flexibility index (Phi) is 5.36. The van der Waals surface area contributed by atoms with Crippen molar-refractivity contribution in [2.24, 2.45) is 5.18 Å². The van der Waals surface area contributed by atoms with E-state index in [1.807, 2.05) is 0 Å². The molecular weight excluding hydrogens is 312 g/mol. The number of nitroso groups, excluding NO2 is 1. The van der Waals surface area contributed by atoms with Gasteiger partial charge >= 0.3 is 5.97 Å². The zero-order valence-electron chi connectivity index (χ0n) is 13.3. The van der Waals surface area contributed by atoms with Gasteiger partial charge in [-0.2, -0.15) is 0 Å². The molecule has 2 rings (SSSR count). The summed E-state index contributed by atoms with van der Waals surface area (Å²) < 4.78 is 4.59. The van der Waals surface area contributed by atoms with E-state index < -0.39 is 11.9 Å². The highest BCUT2D eigenvalue weighted by molar-refractivity contribution is 6.09. The van der Waals surface area contributed by atoms with Crippen LogP contribution < -0.4 is 0 Å². The van der Waals surface area contributed by atoms with Gasteiger partial charge in [0.15, 0.2) is 0 Å². The van der Waals surface area contributed by atoms with Crippen LogP contribution in [0.5, 0.6) is 0 Å². The predicted molar refractivity (Wildman–Crippen MR) is 87.4 cm³/mol. The second kappa shape index (κ2) is 7.45. The first-order valence-electron chi connectivity index (χ1n) is 7.24. The molecule has 0 aliphatic carbocycles. The molecule has 1 aromatic carbocycles. The minimum absolute atomic E-state index is 0.00919. The molecule has 7 heteroatoms. The maximum Gasteiger partial charge on any atom is 0.340 e. The van der Waals surface area contributed by atoms with Gasteiger partial charge in [0.25, 0.3) is 11.8 Å².